The van der Waals surface area contributed by atoms with Gasteiger partial charge in [-0.05, 0) is 6.42 Å². The van der Waals surface area contributed by atoms with Gasteiger partial charge in [0, 0.05) is 19.5 Å². The summed E-state index contributed by atoms with van der Waals surface area (Å²) >= 11 is 5.55. The second-order valence-electron chi connectivity index (χ2n) is 2.60. The molecular weight excluding hydrogens is 190 g/mol. The first kappa shape index (κ1) is 12.4. The lowest BCUT2D eigenvalue weighted by atomic mass is 10.4. The fourth-order valence-electron chi connectivity index (χ4n) is 1.15. The lowest BCUT2D eigenvalue weighted by Crippen LogP contribution is -2.31. The molecule has 1 rings (SSSR count). The molecule has 1 aliphatic heterocycles. The summed E-state index contributed by atoms with van der Waals surface area (Å²) in [5, 5.41) is -0.544. The minimum absolute atomic E-state index is 0.109. The number of hydrogen-bond acceptors (Lipinski definition) is 2. The second-order valence-corrected chi connectivity index (χ2v) is 3.16. The largest absolute Gasteiger partial charge is 0.341 e. The third kappa shape index (κ3) is 4.27. The Morgan fingerprint density at radius 1 is 1.62 bits per heavy atom. The van der Waals surface area contributed by atoms with Gasteiger partial charge >= 0.3 is 0 Å². The normalized spacial score (nSPS) is 17.8. The molecule has 0 saturated carbocycles. The first-order valence-electron chi connectivity index (χ1n) is 4.61. The topological polar surface area (TPSA) is 37.4 Å². The van der Waals surface area contributed by atoms with Crippen molar-refractivity contribution in [2.24, 2.45) is 0 Å². The number of rotatable bonds is 3. The van der Waals surface area contributed by atoms with E-state index in [0.29, 0.717) is 19.3 Å². The number of nitrogens with zero attached hydrogens (tertiary/aromatic N) is 1. The van der Waals surface area contributed by atoms with Crippen LogP contribution in [0.3, 0.4) is 0 Å². The quantitative estimate of drug-likeness (QED) is 0.517. The van der Waals surface area contributed by atoms with Crippen molar-refractivity contribution in [2.75, 3.05) is 13.1 Å². The van der Waals surface area contributed by atoms with Crippen LogP contribution in [0, 0.1) is 0 Å². The number of carbonyl (C=O) groups is 2. The predicted octanol–water partition coefficient (Wildman–Crippen LogP) is 1.44. The molecule has 1 atom stereocenters. The summed E-state index contributed by atoms with van der Waals surface area (Å²) in [5.74, 6) is 0.109. The van der Waals surface area contributed by atoms with Gasteiger partial charge in [-0.15, -0.1) is 11.6 Å². The van der Waals surface area contributed by atoms with Crippen molar-refractivity contribution >= 4 is 23.8 Å². The van der Waals surface area contributed by atoms with Crippen molar-refractivity contribution in [1.29, 1.82) is 0 Å². The van der Waals surface area contributed by atoms with Crippen LogP contribution in [-0.4, -0.2) is 35.6 Å². The summed E-state index contributed by atoms with van der Waals surface area (Å²) in [4.78, 5) is 22.7. The maximum Gasteiger partial charge on any atom is 0.222 e. The molecule has 76 valence electrons. The minimum atomic E-state index is -0.544. The van der Waals surface area contributed by atoms with Gasteiger partial charge in [0.15, 0.2) is 0 Å². The number of aldehydes is 1. The SMILES string of the molecule is CC.O=CC(Cl)CN1CCCC1=O. The summed E-state index contributed by atoms with van der Waals surface area (Å²) in [6.07, 6.45) is 2.15. The van der Waals surface area contributed by atoms with Gasteiger partial charge in [0.1, 0.15) is 11.7 Å². The number of amides is 1. The Hall–Kier alpha value is -0.570. The first-order chi connectivity index (χ1) is 6.24. The van der Waals surface area contributed by atoms with Gasteiger partial charge in [-0.3, -0.25) is 4.79 Å². The van der Waals surface area contributed by atoms with E-state index in [2.05, 4.69) is 0 Å². The maximum atomic E-state index is 11.0. The van der Waals surface area contributed by atoms with Crippen molar-refractivity contribution in [2.45, 2.75) is 32.1 Å². The molecule has 3 nitrogen and oxygen atoms in total. The van der Waals surface area contributed by atoms with E-state index in [1.807, 2.05) is 13.8 Å². The van der Waals surface area contributed by atoms with Crippen LogP contribution in [0.5, 0.6) is 0 Å². The number of halogens is 1. The molecule has 0 aromatic carbocycles. The van der Waals surface area contributed by atoms with E-state index in [-0.39, 0.29) is 5.91 Å². The van der Waals surface area contributed by atoms with Gasteiger partial charge in [0.25, 0.3) is 0 Å². The maximum absolute atomic E-state index is 11.0. The fraction of sp³-hybridized carbons (Fsp3) is 0.778. The monoisotopic (exact) mass is 205 g/mol. The van der Waals surface area contributed by atoms with E-state index in [4.69, 9.17) is 11.6 Å². The van der Waals surface area contributed by atoms with Crippen LogP contribution in [0.1, 0.15) is 26.7 Å². The Morgan fingerprint density at radius 3 is 2.62 bits per heavy atom. The summed E-state index contributed by atoms with van der Waals surface area (Å²) in [7, 11) is 0. The van der Waals surface area contributed by atoms with E-state index in [1.54, 1.807) is 4.90 Å². The van der Waals surface area contributed by atoms with Crippen molar-refractivity contribution < 1.29 is 9.59 Å². The highest BCUT2D eigenvalue weighted by Gasteiger charge is 2.21. The average Bonchev–Trinajstić information content (AvgIpc) is 2.55. The molecule has 1 amide bonds. The van der Waals surface area contributed by atoms with Crippen LogP contribution in [0.15, 0.2) is 0 Å². The number of carbonyl (C=O) groups excluding carboxylic acids is 2. The zero-order chi connectivity index (χ0) is 10.3. The van der Waals surface area contributed by atoms with E-state index < -0.39 is 5.38 Å². The zero-order valence-corrected chi connectivity index (χ0v) is 8.88. The molecule has 0 aromatic heterocycles. The van der Waals surface area contributed by atoms with Crippen molar-refractivity contribution in [3.05, 3.63) is 0 Å². The highest BCUT2D eigenvalue weighted by atomic mass is 35.5. The van der Waals surface area contributed by atoms with Crippen molar-refractivity contribution in [1.82, 2.24) is 4.90 Å². The van der Waals surface area contributed by atoms with E-state index >= 15 is 0 Å². The van der Waals surface area contributed by atoms with Gasteiger partial charge < -0.3 is 9.69 Å². The van der Waals surface area contributed by atoms with E-state index in [9.17, 15) is 9.59 Å². The number of hydrogen-bond donors (Lipinski definition) is 0. The van der Waals surface area contributed by atoms with Gasteiger partial charge in [-0.2, -0.15) is 0 Å². The van der Waals surface area contributed by atoms with Crippen LogP contribution < -0.4 is 0 Å². The molecule has 1 fully saturated rings. The Bertz CT molecular complexity index is 173. The summed E-state index contributed by atoms with van der Waals surface area (Å²) in [6.45, 7) is 5.11. The molecular formula is C9H16ClNO2. The lowest BCUT2D eigenvalue weighted by Gasteiger charge is -2.15. The highest BCUT2D eigenvalue weighted by molar-refractivity contribution is 6.27. The molecule has 1 heterocycles. The Morgan fingerprint density at radius 2 is 2.23 bits per heavy atom. The van der Waals surface area contributed by atoms with E-state index in [0.717, 1.165) is 13.0 Å². The van der Waals surface area contributed by atoms with Crippen LogP contribution in [0.2, 0.25) is 0 Å². The van der Waals surface area contributed by atoms with E-state index in [1.165, 1.54) is 0 Å². The summed E-state index contributed by atoms with van der Waals surface area (Å²) < 4.78 is 0. The molecule has 0 bridgehead atoms. The third-order valence-corrected chi connectivity index (χ3v) is 1.95. The molecule has 0 N–H and O–H groups in total. The predicted molar refractivity (Wildman–Crippen MR) is 52.9 cm³/mol. The van der Waals surface area contributed by atoms with Crippen molar-refractivity contribution in [3.8, 4) is 0 Å². The molecule has 4 heteroatoms. The smallest absolute Gasteiger partial charge is 0.222 e. The first-order valence-corrected chi connectivity index (χ1v) is 5.05. The molecule has 1 unspecified atom stereocenters. The summed E-state index contributed by atoms with van der Waals surface area (Å²) in [6, 6.07) is 0. The standard InChI is InChI=1S/C7H10ClNO2.C2H6/c8-6(5-10)4-9-3-1-2-7(9)11;1-2/h5-6H,1-4H2;1-2H3. The molecule has 0 spiro atoms. The van der Waals surface area contributed by atoms with Crippen LogP contribution >= 0.6 is 11.6 Å². The molecule has 1 aliphatic rings. The van der Waals surface area contributed by atoms with Gasteiger partial charge in [0.05, 0.1) is 0 Å². The van der Waals surface area contributed by atoms with Crippen LogP contribution in [0.4, 0.5) is 0 Å². The van der Waals surface area contributed by atoms with Crippen LogP contribution in [-0.2, 0) is 9.59 Å². The van der Waals surface area contributed by atoms with Gasteiger partial charge in [0.2, 0.25) is 5.91 Å². The molecule has 13 heavy (non-hydrogen) atoms. The van der Waals surface area contributed by atoms with Gasteiger partial charge in [-0.25, -0.2) is 0 Å². The van der Waals surface area contributed by atoms with Crippen molar-refractivity contribution in [3.63, 3.8) is 0 Å². The Kier molecular flexibility index (Phi) is 6.59. The zero-order valence-electron chi connectivity index (χ0n) is 8.12. The second kappa shape index (κ2) is 6.89. The fourth-order valence-corrected chi connectivity index (χ4v) is 1.32. The van der Waals surface area contributed by atoms with Crippen LogP contribution in [0.25, 0.3) is 0 Å². The third-order valence-electron chi connectivity index (χ3n) is 1.71. The molecule has 0 aliphatic carbocycles. The number of alkyl halides is 1. The Labute approximate surface area is 84.0 Å². The number of likely N-dealkylation sites (tertiary alicyclic amines) is 1. The molecule has 1 saturated heterocycles. The molecule has 0 radical (unpaired) electrons. The Balaban J connectivity index is 0.000000671. The summed E-state index contributed by atoms with van der Waals surface area (Å²) in [5.41, 5.74) is 0. The average molecular weight is 206 g/mol. The lowest BCUT2D eigenvalue weighted by molar-refractivity contribution is -0.127. The molecule has 0 aromatic rings. The minimum Gasteiger partial charge on any atom is -0.341 e. The highest BCUT2D eigenvalue weighted by Crippen LogP contribution is 2.10. The van der Waals surface area contributed by atoms with Gasteiger partial charge in [-0.1, -0.05) is 13.8 Å².